The summed E-state index contributed by atoms with van der Waals surface area (Å²) in [6, 6.07) is 8.50. The van der Waals surface area contributed by atoms with E-state index in [0.29, 0.717) is 45.1 Å². The molecule has 0 spiro atoms. The van der Waals surface area contributed by atoms with Gasteiger partial charge in [0.2, 0.25) is 5.91 Å². The summed E-state index contributed by atoms with van der Waals surface area (Å²) < 4.78 is 11.4. The summed E-state index contributed by atoms with van der Waals surface area (Å²) in [6.07, 6.45) is 3.57. The number of likely N-dealkylation sites (tertiary alicyclic amines) is 1. The van der Waals surface area contributed by atoms with E-state index in [9.17, 15) is 9.59 Å². The molecule has 2 aliphatic heterocycles. The highest BCUT2D eigenvalue weighted by molar-refractivity contribution is 5.79. The van der Waals surface area contributed by atoms with E-state index in [1.54, 1.807) is 19.0 Å². The second-order valence-electron chi connectivity index (χ2n) is 8.98. The summed E-state index contributed by atoms with van der Waals surface area (Å²) >= 11 is 0. The number of hydrogen-bond donors (Lipinski definition) is 1. The molecule has 2 heterocycles. The van der Waals surface area contributed by atoms with Crippen molar-refractivity contribution in [1.82, 2.24) is 20.0 Å². The first-order chi connectivity index (χ1) is 15.4. The number of nitrogens with one attached hydrogen (secondary N) is 1. The summed E-state index contributed by atoms with van der Waals surface area (Å²) in [6.45, 7) is 4.93. The summed E-state index contributed by atoms with van der Waals surface area (Å²) in [7, 11) is 5.65. The number of nitrogens with zero attached hydrogens (tertiary/aromatic N) is 3. The standard InChI is InChI=1S/C24H38N4O4/c1-26(2)24(30)28-11-7-20(8-12-28)23(29)25-18-19-5-4-6-22(17-19)32-16-13-27(3)21-9-14-31-15-10-21/h4-6,17,20-21H,7-16,18H2,1-3H3,(H,25,29). The van der Waals surface area contributed by atoms with Crippen molar-refractivity contribution < 1.29 is 19.1 Å². The van der Waals surface area contributed by atoms with Gasteiger partial charge < -0.3 is 24.6 Å². The van der Waals surface area contributed by atoms with Gasteiger partial charge in [0.25, 0.3) is 0 Å². The van der Waals surface area contributed by atoms with Crippen LogP contribution in [0.1, 0.15) is 31.2 Å². The van der Waals surface area contributed by atoms with Gasteiger partial charge in [-0.2, -0.15) is 0 Å². The predicted molar refractivity (Wildman–Crippen MR) is 124 cm³/mol. The number of likely N-dealkylation sites (N-methyl/N-ethyl adjacent to an activating group) is 1. The van der Waals surface area contributed by atoms with Crippen LogP contribution in [0.5, 0.6) is 5.75 Å². The Labute approximate surface area is 191 Å². The topological polar surface area (TPSA) is 74.4 Å². The van der Waals surface area contributed by atoms with Crippen molar-refractivity contribution in [3.05, 3.63) is 29.8 Å². The number of ether oxygens (including phenoxy) is 2. The molecule has 0 bridgehead atoms. The first kappa shape index (κ1) is 24.3. The van der Waals surface area contributed by atoms with Crippen LogP contribution in [0.25, 0.3) is 0 Å². The van der Waals surface area contributed by atoms with E-state index in [4.69, 9.17) is 9.47 Å². The highest BCUT2D eigenvalue weighted by Crippen LogP contribution is 2.19. The number of amides is 3. The number of carbonyl (C=O) groups excluding carboxylic acids is 2. The van der Waals surface area contributed by atoms with Crippen LogP contribution in [0.15, 0.2) is 24.3 Å². The van der Waals surface area contributed by atoms with Gasteiger partial charge in [0.05, 0.1) is 0 Å². The van der Waals surface area contributed by atoms with E-state index in [0.717, 1.165) is 43.9 Å². The maximum absolute atomic E-state index is 12.6. The zero-order valence-corrected chi connectivity index (χ0v) is 19.7. The number of urea groups is 1. The lowest BCUT2D eigenvalue weighted by Crippen LogP contribution is -2.46. The highest BCUT2D eigenvalue weighted by Gasteiger charge is 2.27. The summed E-state index contributed by atoms with van der Waals surface area (Å²) in [5.74, 6) is 0.848. The molecule has 32 heavy (non-hydrogen) atoms. The Bertz CT molecular complexity index is 743. The molecular formula is C24H38N4O4. The zero-order valence-electron chi connectivity index (χ0n) is 19.7. The minimum absolute atomic E-state index is 0.0135. The minimum Gasteiger partial charge on any atom is -0.492 e. The maximum Gasteiger partial charge on any atom is 0.319 e. The highest BCUT2D eigenvalue weighted by atomic mass is 16.5. The van der Waals surface area contributed by atoms with Crippen molar-refractivity contribution in [3.8, 4) is 5.75 Å². The average molecular weight is 447 g/mol. The van der Waals surface area contributed by atoms with E-state index in [-0.39, 0.29) is 17.9 Å². The van der Waals surface area contributed by atoms with Gasteiger partial charge in [-0.1, -0.05) is 12.1 Å². The Hall–Kier alpha value is -2.32. The molecule has 0 radical (unpaired) electrons. The van der Waals surface area contributed by atoms with Crippen LogP contribution in [0.3, 0.4) is 0 Å². The lowest BCUT2D eigenvalue weighted by atomic mass is 9.96. The lowest BCUT2D eigenvalue weighted by Gasteiger charge is -2.33. The molecule has 2 aliphatic rings. The molecule has 3 amide bonds. The molecule has 2 fully saturated rings. The molecule has 0 saturated carbocycles. The predicted octanol–water partition coefficient (Wildman–Crippen LogP) is 2.19. The van der Waals surface area contributed by atoms with E-state index in [1.165, 1.54) is 0 Å². The Morgan fingerprint density at radius 2 is 1.84 bits per heavy atom. The smallest absolute Gasteiger partial charge is 0.319 e. The molecule has 3 rings (SSSR count). The molecule has 1 aromatic carbocycles. The number of piperidine rings is 1. The van der Waals surface area contributed by atoms with Gasteiger partial charge in [-0.3, -0.25) is 9.69 Å². The van der Waals surface area contributed by atoms with E-state index < -0.39 is 0 Å². The molecule has 0 unspecified atom stereocenters. The fourth-order valence-corrected chi connectivity index (χ4v) is 4.31. The van der Waals surface area contributed by atoms with Gasteiger partial charge in [-0.25, -0.2) is 4.79 Å². The first-order valence-corrected chi connectivity index (χ1v) is 11.7. The quantitative estimate of drug-likeness (QED) is 0.663. The average Bonchev–Trinajstić information content (AvgIpc) is 2.83. The third kappa shape index (κ3) is 7.10. The third-order valence-corrected chi connectivity index (χ3v) is 6.41. The SMILES string of the molecule is CN(C)C(=O)N1CCC(C(=O)NCc2cccc(OCCN(C)C3CCOCC3)c2)CC1. The Balaban J connectivity index is 1.38. The first-order valence-electron chi connectivity index (χ1n) is 11.7. The molecule has 0 aliphatic carbocycles. The molecule has 1 N–H and O–H groups in total. The number of carbonyl (C=O) groups is 2. The molecule has 0 aromatic heterocycles. The Morgan fingerprint density at radius 1 is 1.12 bits per heavy atom. The van der Waals surface area contributed by atoms with E-state index in [2.05, 4.69) is 17.3 Å². The van der Waals surface area contributed by atoms with Crippen LogP contribution in [-0.4, -0.2) is 93.3 Å². The number of benzene rings is 1. The molecule has 8 nitrogen and oxygen atoms in total. The van der Waals surface area contributed by atoms with E-state index in [1.807, 2.05) is 29.2 Å². The monoisotopic (exact) mass is 446 g/mol. The molecular weight excluding hydrogens is 408 g/mol. The molecule has 178 valence electrons. The van der Waals surface area contributed by atoms with Gasteiger partial charge in [0.15, 0.2) is 0 Å². The second kappa shape index (κ2) is 12.1. The van der Waals surface area contributed by atoms with Crippen molar-refractivity contribution in [1.29, 1.82) is 0 Å². The normalized spacial score (nSPS) is 17.9. The maximum atomic E-state index is 12.6. The van der Waals surface area contributed by atoms with E-state index >= 15 is 0 Å². The van der Waals surface area contributed by atoms with Crippen LogP contribution in [-0.2, 0) is 16.1 Å². The van der Waals surface area contributed by atoms with Crippen LogP contribution in [0, 0.1) is 5.92 Å². The summed E-state index contributed by atoms with van der Waals surface area (Å²) in [5.41, 5.74) is 1.02. The van der Waals surface area contributed by atoms with Crippen molar-refractivity contribution in [2.24, 2.45) is 5.92 Å². The molecule has 1 aromatic rings. The van der Waals surface area contributed by atoms with Crippen LogP contribution in [0.4, 0.5) is 4.79 Å². The van der Waals surface area contributed by atoms with Crippen molar-refractivity contribution >= 4 is 11.9 Å². The molecule has 2 saturated heterocycles. The minimum atomic E-state index is -0.0404. The van der Waals surface area contributed by atoms with Crippen molar-refractivity contribution in [2.75, 3.05) is 60.6 Å². The van der Waals surface area contributed by atoms with Gasteiger partial charge in [0.1, 0.15) is 12.4 Å². The number of rotatable bonds is 8. The van der Waals surface area contributed by atoms with Crippen molar-refractivity contribution in [2.45, 2.75) is 38.3 Å². The van der Waals surface area contributed by atoms with Gasteiger partial charge in [-0.15, -0.1) is 0 Å². The second-order valence-corrected chi connectivity index (χ2v) is 8.98. The summed E-state index contributed by atoms with van der Waals surface area (Å²) in [4.78, 5) is 30.4. The lowest BCUT2D eigenvalue weighted by molar-refractivity contribution is -0.126. The number of hydrogen-bond acceptors (Lipinski definition) is 5. The fraction of sp³-hybridized carbons (Fsp3) is 0.667. The van der Waals surface area contributed by atoms with Crippen molar-refractivity contribution in [3.63, 3.8) is 0 Å². The fourth-order valence-electron chi connectivity index (χ4n) is 4.31. The van der Waals surface area contributed by atoms with Gasteiger partial charge in [0, 0.05) is 65.4 Å². The van der Waals surface area contributed by atoms with Crippen LogP contribution < -0.4 is 10.1 Å². The van der Waals surface area contributed by atoms with Crippen LogP contribution in [0.2, 0.25) is 0 Å². The largest absolute Gasteiger partial charge is 0.492 e. The molecule has 0 atom stereocenters. The van der Waals surface area contributed by atoms with Gasteiger partial charge >= 0.3 is 6.03 Å². The van der Waals surface area contributed by atoms with Gasteiger partial charge in [-0.05, 0) is 50.4 Å². The Kier molecular flexibility index (Phi) is 9.17. The molecule has 8 heteroatoms. The Morgan fingerprint density at radius 3 is 2.53 bits per heavy atom. The third-order valence-electron chi connectivity index (χ3n) is 6.41. The van der Waals surface area contributed by atoms with Crippen LogP contribution >= 0.6 is 0 Å². The zero-order chi connectivity index (χ0) is 22.9. The summed E-state index contributed by atoms with van der Waals surface area (Å²) in [5, 5.41) is 3.05.